The first-order valence-electron chi connectivity index (χ1n) is 3.94. The minimum atomic E-state index is -0.355. The molecule has 0 amide bonds. The maximum Gasteiger partial charge on any atom is 0.188 e. The predicted octanol–water partition coefficient (Wildman–Crippen LogP) is 2.44. The van der Waals surface area contributed by atoms with Crippen LogP contribution >= 0.6 is 27.7 Å². The number of nitrogens with two attached hydrogens (primary N) is 1. The fourth-order valence-electron chi connectivity index (χ4n) is 0.980. The summed E-state index contributed by atoms with van der Waals surface area (Å²) < 4.78 is 13.6. The van der Waals surface area contributed by atoms with Gasteiger partial charge in [-0.25, -0.2) is 9.37 Å². The number of aromatic amines is 1. The molecule has 0 aliphatic carbocycles. The van der Waals surface area contributed by atoms with E-state index in [1.54, 1.807) is 0 Å². The van der Waals surface area contributed by atoms with Crippen molar-refractivity contribution in [3.8, 4) is 0 Å². The molecule has 0 saturated heterocycles. The van der Waals surface area contributed by atoms with Crippen LogP contribution in [0.15, 0.2) is 33.0 Å². The van der Waals surface area contributed by atoms with E-state index < -0.39 is 0 Å². The number of benzene rings is 1. The Morgan fingerprint density at radius 2 is 2.27 bits per heavy atom. The van der Waals surface area contributed by atoms with Crippen molar-refractivity contribution in [2.24, 2.45) is 0 Å². The number of hydrogen-bond donors (Lipinski definition) is 2. The van der Waals surface area contributed by atoms with Gasteiger partial charge in [-0.1, -0.05) is 0 Å². The molecule has 0 atom stereocenters. The lowest BCUT2D eigenvalue weighted by atomic mass is 10.3. The zero-order valence-corrected chi connectivity index (χ0v) is 9.77. The van der Waals surface area contributed by atoms with Gasteiger partial charge in [0.25, 0.3) is 0 Å². The molecule has 0 aliphatic rings. The van der Waals surface area contributed by atoms with Gasteiger partial charge >= 0.3 is 0 Å². The molecule has 0 fully saturated rings. The van der Waals surface area contributed by atoms with Crippen molar-refractivity contribution in [1.29, 1.82) is 0 Å². The van der Waals surface area contributed by atoms with Crippen molar-refractivity contribution >= 4 is 33.4 Å². The molecule has 15 heavy (non-hydrogen) atoms. The quantitative estimate of drug-likeness (QED) is 0.833. The van der Waals surface area contributed by atoms with E-state index in [4.69, 9.17) is 5.73 Å². The van der Waals surface area contributed by atoms with Crippen LogP contribution in [0.2, 0.25) is 0 Å². The minimum absolute atomic E-state index is 0.349. The fourth-order valence-corrected chi connectivity index (χ4v) is 2.09. The second-order valence-electron chi connectivity index (χ2n) is 2.70. The number of anilines is 1. The van der Waals surface area contributed by atoms with Crippen molar-refractivity contribution in [3.05, 3.63) is 28.7 Å². The molecule has 78 valence electrons. The largest absolute Gasteiger partial charge is 0.398 e. The Kier molecular flexibility index (Phi) is 2.92. The molecule has 0 spiro atoms. The summed E-state index contributed by atoms with van der Waals surface area (Å²) in [4.78, 5) is 4.52. The fraction of sp³-hybridized carbons (Fsp3) is 0. The smallest absolute Gasteiger partial charge is 0.188 e. The molecule has 2 rings (SSSR count). The van der Waals surface area contributed by atoms with E-state index in [1.807, 2.05) is 0 Å². The normalized spacial score (nSPS) is 10.5. The lowest BCUT2D eigenvalue weighted by molar-refractivity contribution is 0.618. The van der Waals surface area contributed by atoms with Crippen molar-refractivity contribution in [1.82, 2.24) is 15.2 Å². The van der Waals surface area contributed by atoms with Gasteiger partial charge in [-0.3, -0.25) is 5.10 Å². The van der Waals surface area contributed by atoms with Gasteiger partial charge in [-0.15, -0.1) is 0 Å². The molecule has 0 radical (unpaired) electrons. The lowest BCUT2D eigenvalue weighted by Gasteiger charge is -2.04. The van der Waals surface area contributed by atoms with E-state index in [0.29, 0.717) is 20.2 Å². The molecule has 0 unspecified atom stereocenters. The molecule has 0 aliphatic heterocycles. The second kappa shape index (κ2) is 4.19. The van der Waals surface area contributed by atoms with Crippen molar-refractivity contribution in [2.75, 3.05) is 5.73 Å². The average molecular weight is 289 g/mol. The first-order chi connectivity index (χ1) is 7.16. The molecule has 1 aromatic heterocycles. The second-order valence-corrected chi connectivity index (χ2v) is 4.58. The highest BCUT2D eigenvalue weighted by molar-refractivity contribution is 9.10. The summed E-state index contributed by atoms with van der Waals surface area (Å²) in [5.41, 5.74) is 6.22. The van der Waals surface area contributed by atoms with Crippen LogP contribution in [0.1, 0.15) is 0 Å². The van der Waals surface area contributed by atoms with Gasteiger partial charge in [0.2, 0.25) is 0 Å². The number of nitrogen functional groups attached to an aromatic ring is 1. The standard InChI is InChI=1S/C8H6BrFN4S/c9-4-1-6(11)7(2-5(4)10)15-8-12-3-13-14-8/h1-3H,11H2,(H,12,13,14). The van der Waals surface area contributed by atoms with E-state index in [-0.39, 0.29) is 5.82 Å². The predicted molar refractivity (Wildman–Crippen MR) is 59.0 cm³/mol. The Morgan fingerprint density at radius 3 is 2.93 bits per heavy atom. The highest BCUT2D eigenvalue weighted by atomic mass is 79.9. The third-order valence-corrected chi connectivity index (χ3v) is 3.22. The van der Waals surface area contributed by atoms with Crippen LogP contribution in [0.3, 0.4) is 0 Å². The summed E-state index contributed by atoms with van der Waals surface area (Å²) in [5.74, 6) is -0.355. The highest BCUT2D eigenvalue weighted by Gasteiger charge is 2.08. The van der Waals surface area contributed by atoms with Crippen LogP contribution in [0.4, 0.5) is 10.1 Å². The third kappa shape index (κ3) is 2.29. The van der Waals surface area contributed by atoms with Gasteiger partial charge in [-0.2, -0.15) is 5.10 Å². The Balaban J connectivity index is 2.33. The van der Waals surface area contributed by atoms with Crippen LogP contribution in [0.5, 0.6) is 0 Å². The van der Waals surface area contributed by atoms with E-state index in [0.717, 1.165) is 0 Å². The van der Waals surface area contributed by atoms with Crippen molar-refractivity contribution < 1.29 is 4.39 Å². The topological polar surface area (TPSA) is 67.6 Å². The summed E-state index contributed by atoms with van der Waals surface area (Å²) in [6.45, 7) is 0. The molecule has 7 heteroatoms. The summed E-state index contributed by atoms with van der Waals surface area (Å²) in [6.07, 6.45) is 1.38. The molecule has 3 N–H and O–H groups in total. The Labute approximate surface area is 97.6 Å². The number of nitrogens with zero attached hydrogens (tertiary/aromatic N) is 2. The van der Waals surface area contributed by atoms with Crippen LogP contribution in [0.25, 0.3) is 0 Å². The molecule has 0 bridgehead atoms. The molecule has 1 aromatic carbocycles. The van der Waals surface area contributed by atoms with Gasteiger partial charge in [0.1, 0.15) is 12.1 Å². The van der Waals surface area contributed by atoms with E-state index in [9.17, 15) is 4.39 Å². The molecular weight excluding hydrogens is 283 g/mol. The van der Waals surface area contributed by atoms with Crippen LogP contribution in [0, 0.1) is 5.82 Å². The first kappa shape index (κ1) is 10.4. The summed E-state index contributed by atoms with van der Waals surface area (Å²) in [6, 6.07) is 2.88. The monoisotopic (exact) mass is 288 g/mol. The van der Waals surface area contributed by atoms with E-state index in [1.165, 1.54) is 30.2 Å². The van der Waals surface area contributed by atoms with Crippen molar-refractivity contribution in [2.45, 2.75) is 10.1 Å². The van der Waals surface area contributed by atoms with Gasteiger partial charge in [-0.05, 0) is 39.8 Å². The maximum absolute atomic E-state index is 13.2. The maximum atomic E-state index is 13.2. The molecular formula is C8H6BrFN4S. The summed E-state index contributed by atoms with van der Waals surface area (Å²) >= 11 is 4.29. The van der Waals surface area contributed by atoms with Crippen LogP contribution < -0.4 is 5.73 Å². The zero-order chi connectivity index (χ0) is 10.8. The Morgan fingerprint density at radius 1 is 1.47 bits per heavy atom. The Bertz CT molecular complexity index is 474. The number of rotatable bonds is 2. The van der Waals surface area contributed by atoms with Gasteiger partial charge in [0.15, 0.2) is 5.16 Å². The number of nitrogens with one attached hydrogen (secondary N) is 1. The summed E-state index contributed by atoms with van der Waals surface area (Å²) in [5, 5.41) is 6.92. The number of H-pyrrole nitrogens is 1. The molecule has 2 aromatic rings. The third-order valence-electron chi connectivity index (χ3n) is 1.65. The minimum Gasteiger partial charge on any atom is -0.398 e. The summed E-state index contributed by atoms with van der Waals surface area (Å²) in [7, 11) is 0. The van der Waals surface area contributed by atoms with Gasteiger partial charge < -0.3 is 5.73 Å². The van der Waals surface area contributed by atoms with E-state index in [2.05, 4.69) is 31.1 Å². The zero-order valence-electron chi connectivity index (χ0n) is 7.37. The lowest BCUT2D eigenvalue weighted by Crippen LogP contribution is -1.91. The highest BCUT2D eigenvalue weighted by Crippen LogP contribution is 2.32. The number of aromatic nitrogens is 3. The molecule has 1 heterocycles. The van der Waals surface area contributed by atoms with Crippen molar-refractivity contribution in [3.63, 3.8) is 0 Å². The van der Waals surface area contributed by atoms with Crippen LogP contribution in [-0.4, -0.2) is 15.2 Å². The van der Waals surface area contributed by atoms with Gasteiger partial charge in [0, 0.05) is 10.6 Å². The average Bonchev–Trinajstić information content (AvgIpc) is 2.67. The van der Waals surface area contributed by atoms with Gasteiger partial charge in [0.05, 0.1) is 4.47 Å². The number of hydrogen-bond acceptors (Lipinski definition) is 4. The first-order valence-corrected chi connectivity index (χ1v) is 5.55. The van der Waals surface area contributed by atoms with Crippen LogP contribution in [-0.2, 0) is 0 Å². The van der Waals surface area contributed by atoms with E-state index >= 15 is 0 Å². The SMILES string of the molecule is Nc1cc(Br)c(F)cc1Sc1ncn[nH]1. The molecule has 0 saturated carbocycles. The molecule has 4 nitrogen and oxygen atoms in total. The number of halogens is 2. The Hall–Kier alpha value is -1.08.